The van der Waals surface area contributed by atoms with Crippen molar-refractivity contribution in [1.29, 1.82) is 5.26 Å². The maximum absolute atomic E-state index is 13.8. The number of rotatable bonds is 7. The number of H-pyrrole nitrogens is 1. The van der Waals surface area contributed by atoms with E-state index >= 15 is 0 Å². The molecule has 6 rings (SSSR count). The van der Waals surface area contributed by atoms with Crippen molar-refractivity contribution in [2.75, 3.05) is 17.2 Å². The Bertz CT molecular complexity index is 1770. The largest absolute Gasteiger partial charge is 0.373 e. The molecule has 0 amide bonds. The molecule has 1 unspecified atom stereocenters. The van der Waals surface area contributed by atoms with E-state index in [-0.39, 0.29) is 11.1 Å². The Kier molecular flexibility index (Phi) is 6.98. The summed E-state index contributed by atoms with van der Waals surface area (Å²) in [7, 11) is 0. The lowest BCUT2D eigenvalue weighted by Gasteiger charge is -2.20. The number of aromatic amines is 1. The van der Waals surface area contributed by atoms with Crippen molar-refractivity contribution in [2.24, 2.45) is 0 Å². The molecule has 3 N–H and O–H groups in total. The third kappa shape index (κ3) is 4.93. The zero-order valence-electron chi connectivity index (χ0n) is 21.3. The van der Waals surface area contributed by atoms with Crippen LogP contribution in [0.2, 0.25) is 10.0 Å². The molecular weight excluding hydrogens is 550 g/mol. The lowest BCUT2D eigenvalue weighted by molar-refractivity contribution is 0.301. The van der Waals surface area contributed by atoms with Gasteiger partial charge in [-0.05, 0) is 53.6 Å². The van der Waals surface area contributed by atoms with Gasteiger partial charge in [-0.2, -0.15) is 20.7 Å². The Morgan fingerprint density at radius 3 is 2.62 bits per heavy atom. The molecule has 0 saturated carbocycles. The molecule has 0 aliphatic carbocycles. The van der Waals surface area contributed by atoms with Gasteiger partial charge in [-0.25, -0.2) is 4.39 Å². The van der Waals surface area contributed by atoms with Crippen molar-refractivity contribution in [3.8, 4) is 6.07 Å². The first kappa shape index (κ1) is 26.0. The zero-order chi connectivity index (χ0) is 27.8. The van der Waals surface area contributed by atoms with Gasteiger partial charge in [0.25, 0.3) is 0 Å². The van der Waals surface area contributed by atoms with Gasteiger partial charge < -0.3 is 10.6 Å². The van der Waals surface area contributed by atoms with Crippen molar-refractivity contribution >= 4 is 51.2 Å². The molecular formula is C29H23Cl2FN8. The Hall–Kier alpha value is -4.23. The van der Waals surface area contributed by atoms with Gasteiger partial charge in [0.2, 0.25) is 0 Å². The molecule has 40 heavy (non-hydrogen) atoms. The van der Waals surface area contributed by atoms with Crippen LogP contribution in [0.1, 0.15) is 40.9 Å². The van der Waals surface area contributed by atoms with Crippen LogP contribution in [-0.2, 0) is 13.1 Å². The summed E-state index contributed by atoms with van der Waals surface area (Å²) in [5, 5.41) is 28.7. The van der Waals surface area contributed by atoms with E-state index in [0.717, 1.165) is 25.2 Å². The lowest BCUT2D eigenvalue weighted by atomic mass is 9.98. The molecule has 11 heteroatoms. The van der Waals surface area contributed by atoms with E-state index in [4.69, 9.17) is 23.2 Å². The molecule has 200 valence electrons. The third-order valence-corrected chi connectivity index (χ3v) is 7.65. The summed E-state index contributed by atoms with van der Waals surface area (Å²) in [6.07, 6.45) is 3.14. The fraction of sp³-hybridized carbons (Fsp3) is 0.172. The van der Waals surface area contributed by atoms with E-state index in [1.807, 2.05) is 6.07 Å². The Labute approximate surface area is 239 Å². The second-order valence-electron chi connectivity index (χ2n) is 9.57. The molecule has 0 spiro atoms. The highest BCUT2D eigenvalue weighted by Gasteiger charge is 2.23. The average molecular weight is 573 g/mol. The van der Waals surface area contributed by atoms with E-state index in [1.54, 1.807) is 18.3 Å². The normalized spacial score (nSPS) is 13.7. The number of nitrogens with zero attached hydrogens (tertiary/aromatic N) is 5. The molecule has 0 fully saturated rings. The number of aromatic nitrogens is 4. The van der Waals surface area contributed by atoms with Crippen molar-refractivity contribution < 1.29 is 4.39 Å². The van der Waals surface area contributed by atoms with Crippen LogP contribution in [0.15, 0.2) is 60.9 Å². The van der Waals surface area contributed by atoms with Crippen LogP contribution in [0, 0.1) is 17.1 Å². The zero-order valence-corrected chi connectivity index (χ0v) is 22.9. The van der Waals surface area contributed by atoms with Crippen LogP contribution < -0.4 is 10.6 Å². The van der Waals surface area contributed by atoms with Crippen LogP contribution >= 0.6 is 23.2 Å². The molecule has 2 aromatic heterocycles. The standard InChI is InChI=1S/C29H23Cl2FN8/c1-2-40-14-17-4-3-16(7-18(17)15-40)28(26-13-35-39-38-26)37-21-8-22-27(36-20-5-6-25(32)23(30)9-20)19(11-33)12-34-29(22)24(31)10-21/h3-10,12-13,28,37H,2,14-15H2,1H3,(H,34,36)(H,35,38,39). The van der Waals surface area contributed by atoms with Crippen LogP contribution in [0.4, 0.5) is 21.5 Å². The van der Waals surface area contributed by atoms with E-state index in [0.29, 0.717) is 44.2 Å². The molecule has 1 aliphatic heterocycles. The minimum absolute atomic E-state index is 0.0332. The second-order valence-corrected chi connectivity index (χ2v) is 10.4. The molecule has 5 aromatic rings. The number of fused-ring (bicyclic) bond motifs is 2. The Morgan fingerprint density at radius 1 is 1.05 bits per heavy atom. The van der Waals surface area contributed by atoms with E-state index in [2.05, 4.69) is 67.1 Å². The fourth-order valence-electron chi connectivity index (χ4n) is 5.01. The summed E-state index contributed by atoms with van der Waals surface area (Å²) < 4.78 is 13.8. The first-order valence-corrected chi connectivity index (χ1v) is 13.4. The Balaban J connectivity index is 1.42. The van der Waals surface area contributed by atoms with Gasteiger partial charge >= 0.3 is 0 Å². The number of benzene rings is 3. The predicted octanol–water partition coefficient (Wildman–Crippen LogP) is 6.95. The summed E-state index contributed by atoms with van der Waals surface area (Å²) in [5.41, 5.74) is 6.86. The number of hydrogen-bond donors (Lipinski definition) is 3. The van der Waals surface area contributed by atoms with Gasteiger partial charge in [-0.3, -0.25) is 9.88 Å². The molecule has 1 aliphatic rings. The van der Waals surface area contributed by atoms with E-state index < -0.39 is 5.82 Å². The summed E-state index contributed by atoms with van der Waals surface area (Å²) in [6.45, 7) is 5.00. The van der Waals surface area contributed by atoms with Crippen molar-refractivity contribution in [3.63, 3.8) is 0 Å². The molecule has 1 atom stereocenters. The molecule has 3 heterocycles. The minimum Gasteiger partial charge on any atom is -0.373 e. The maximum atomic E-state index is 13.8. The van der Waals surface area contributed by atoms with Crippen molar-refractivity contribution in [1.82, 2.24) is 25.3 Å². The van der Waals surface area contributed by atoms with Crippen LogP contribution in [0.3, 0.4) is 0 Å². The fourth-order valence-corrected chi connectivity index (χ4v) is 5.46. The molecule has 0 bridgehead atoms. The number of halogens is 3. The number of pyridine rings is 1. The van der Waals surface area contributed by atoms with Crippen molar-refractivity contribution in [3.05, 3.63) is 105 Å². The van der Waals surface area contributed by atoms with Gasteiger partial charge in [0.1, 0.15) is 17.6 Å². The first-order chi connectivity index (χ1) is 19.4. The number of nitriles is 1. The third-order valence-electron chi connectivity index (χ3n) is 7.07. The van der Waals surface area contributed by atoms with Crippen molar-refractivity contribution in [2.45, 2.75) is 26.1 Å². The minimum atomic E-state index is -0.533. The summed E-state index contributed by atoms with van der Waals surface area (Å²) in [6, 6.07) is 16.3. The summed E-state index contributed by atoms with van der Waals surface area (Å²) in [4.78, 5) is 6.82. The smallest absolute Gasteiger partial charge is 0.141 e. The van der Waals surface area contributed by atoms with Gasteiger partial charge in [-0.1, -0.05) is 48.3 Å². The SMILES string of the molecule is CCN1Cc2ccc(C(Nc3cc(Cl)c4ncc(C#N)c(Nc5ccc(F)c(Cl)c5)c4c3)c3cn[nH]n3)cc2C1. The number of hydrogen-bond acceptors (Lipinski definition) is 7. The second kappa shape index (κ2) is 10.7. The average Bonchev–Trinajstić information content (AvgIpc) is 3.64. The Morgan fingerprint density at radius 2 is 1.88 bits per heavy atom. The van der Waals surface area contributed by atoms with Gasteiger partial charge in [0, 0.05) is 36.0 Å². The molecule has 0 saturated heterocycles. The highest BCUT2D eigenvalue weighted by atomic mass is 35.5. The van der Waals surface area contributed by atoms with Gasteiger partial charge in [0.05, 0.1) is 39.1 Å². The monoisotopic (exact) mass is 572 g/mol. The maximum Gasteiger partial charge on any atom is 0.141 e. The van der Waals surface area contributed by atoms with Gasteiger partial charge in [0.15, 0.2) is 0 Å². The molecule has 3 aromatic carbocycles. The highest BCUT2D eigenvalue weighted by Crippen LogP contribution is 2.37. The van der Waals surface area contributed by atoms with E-state index in [1.165, 1.54) is 29.5 Å². The summed E-state index contributed by atoms with van der Waals surface area (Å²) >= 11 is 12.7. The highest BCUT2D eigenvalue weighted by molar-refractivity contribution is 6.36. The van der Waals surface area contributed by atoms with E-state index in [9.17, 15) is 9.65 Å². The molecule has 0 radical (unpaired) electrons. The van der Waals surface area contributed by atoms with Crippen LogP contribution in [0.5, 0.6) is 0 Å². The van der Waals surface area contributed by atoms with Crippen LogP contribution in [0.25, 0.3) is 10.9 Å². The predicted molar refractivity (Wildman–Crippen MR) is 154 cm³/mol. The number of anilines is 3. The van der Waals surface area contributed by atoms with Crippen LogP contribution in [-0.4, -0.2) is 31.8 Å². The molecule has 8 nitrogen and oxygen atoms in total. The topological polar surface area (TPSA) is 106 Å². The van der Waals surface area contributed by atoms with Gasteiger partial charge in [-0.15, -0.1) is 0 Å². The lowest BCUT2D eigenvalue weighted by Crippen LogP contribution is -2.15. The summed E-state index contributed by atoms with van der Waals surface area (Å²) in [5.74, 6) is -0.533. The first-order valence-electron chi connectivity index (χ1n) is 12.6. The number of nitrogens with one attached hydrogen (secondary N) is 3. The quantitative estimate of drug-likeness (QED) is 0.194.